The van der Waals surface area contributed by atoms with Crippen LogP contribution in [0.4, 0.5) is 4.79 Å². The summed E-state index contributed by atoms with van der Waals surface area (Å²) in [5.41, 5.74) is 0.260. The minimum atomic E-state index is -0.888. The van der Waals surface area contributed by atoms with Crippen LogP contribution < -0.4 is 5.32 Å². The molecule has 20 heavy (non-hydrogen) atoms. The topological polar surface area (TPSA) is 69.6 Å². The summed E-state index contributed by atoms with van der Waals surface area (Å²) >= 11 is 0. The highest BCUT2D eigenvalue weighted by Crippen LogP contribution is 2.43. The Hall–Kier alpha value is -1.26. The summed E-state index contributed by atoms with van der Waals surface area (Å²) < 4.78 is 0. The Morgan fingerprint density at radius 1 is 1.35 bits per heavy atom. The molecule has 2 aliphatic rings. The highest BCUT2D eigenvalue weighted by molar-refractivity contribution is 5.83. The summed E-state index contributed by atoms with van der Waals surface area (Å²) in [6, 6.07) is -0.883. The van der Waals surface area contributed by atoms with E-state index in [-0.39, 0.29) is 17.4 Å². The molecule has 1 aliphatic carbocycles. The first-order chi connectivity index (χ1) is 9.49. The highest BCUT2D eigenvalue weighted by Gasteiger charge is 2.39. The van der Waals surface area contributed by atoms with E-state index in [4.69, 9.17) is 0 Å². The van der Waals surface area contributed by atoms with Crippen molar-refractivity contribution in [1.29, 1.82) is 0 Å². The van der Waals surface area contributed by atoms with Gasteiger partial charge < -0.3 is 15.3 Å². The molecule has 2 fully saturated rings. The summed E-state index contributed by atoms with van der Waals surface area (Å²) in [6.45, 7) is 5.30. The third kappa shape index (κ3) is 2.91. The summed E-state index contributed by atoms with van der Waals surface area (Å²) in [5, 5.41) is 12.3. The lowest BCUT2D eigenvalue weighted by Gasteiger charge is -2.43. The maximum atomic E-state index is 12.3. The molecule has 0 bridgehead atoms. The number of carboxylic acids is 1. The fourth-order valence-electron chi connectivity index (χ4n) is 3.49. The van der Waals surface area contributed by atoms with Gasteiger partial charge in [-0.3, -0.25) is 0 Å². The van der Waals surface area contributed by atoms with Crippen LogP contribution in [0.25, 0.3) is 0 Å². The van der Waals surface area contributed by atoms with E-state index in [1.165, 1.54) is 24.2 Å². The number of carbonyl (C=O) groups is 2. The van der Waals surface area contributed by atoms with Crippen LogP contribution >= 0.6 is 0 Å². The second-order valence-electron chi connectivity index (χ2n) is 6.46. The van der Waals surface area contributed by atoms with Gasteiger partial charge in [-0.2, -0.15) is 0 Å². The Kier molecular flexibility index (Phi) is 4.55. The van der Waals surface area contributed by atoms with Crippen molar-refractivity contribution in [3.8, 4) is 0 Å². The molecular weight excluding hydrogens is 256 g/mol. The van der Waals surface area contributed by atoms with E-state index in [1.54, 1.807) is 0 Å². The van der Waals surface area contributed by atoms with E-state index in [1.807, 2.05) is 6.92 Å². The van der Waals surface area contributed by atoms with Crippen LogP contribution in [0.15, 0.2) is 0 Å². The van der Waals surface area contributed by atoms with Crippen LogP contribution in [0.5, 0.6) is 0 Å². The van der Waals surface area contributed by atoms with Crippen molar-refractivity contribution in [2.75, 3.05) is 13.1 Å². The van der Waals surface area contributed by atoms with E-state index in [2.05, 4.69) is 12.2 Å². The number of urea groups is 1. The van der Waals surface area contributed by atoms with Gasteiger partial charge in [-0.25, -0.2) is 9.59 Å². The molecule has 2 atom stereocenters. The SMILES string of the molecule is CCC1(CNC(=O)N2CCCC(C)C2C(=O)O)CCC1. The minimum Gasteiger partial charge on any atom is -0.480 e. The van der Waals surface area contributed by atoms with Crippen LogP contribution in [0.1, 0.15) is 52.4 Å². The molecule has 1 saturated heterocycles. The number of piperidine rings is 1. The van der Waals surface area contributed by atoms with Crippen molar-refractivity contribution < 1.29 is 14.7 Å². The number of hydrogen-bond acceptors (Lipinski definition) is 2. The maximum absolute atomic E-state index is 12.3. The third-order valence-electron chi connectivity index (χ3n) is 5.23. The van der Waals surface area contributed by atoms with Crippen molar-refractivity contribution in [3.05, 3.63) is 0 Å². The van der Waals surface area contributed by atoms with Gasteiger partial charge in [-0.05, 0) is 43.4 Å². The van der Waals surface area contributed by atoms with E-state index in [0.717, 1.165) is 19.3 Å². The molecule has 2 amide bonds. The van der Waals surface area contributed by atoms with Crippen LogP contribution in [0, 0.1) is 11.3 Å². The maximum Gasteiger partial charge on any atom is 0.326 e. The molecule has 0 spiro atoms. The second-order valence-corrected chi connectivity index (χ2v) is 6.46. The van der Waals surface area contributed by atoms with Gasteiger partial charge >= 0.3 is 12.0 Å². The minimum absolute atomic E-state index is 0.0239. The molecule has 5 heteroatoms. The fourth-order valence-corrected chi connectivity index (χ4v) is 3.49. The zero-order valence-electron chi connectivity index (χ0n) is 12.5. The zero-order chi connectivity index (χ0) is 14.8. The normalized spacial score (nSPS) is 28.6. The predicted molar refractivity (Wildman–Crippen MR) is 76.5 cm³/mol. The van der Waals surface area contributed by atoms with Gasteiger partial charge in [0.05, 0.1) is 0 Å². The van der Waals surface area contributed by atoms with Gasteiger partial charge in [0.15, 0.2) is 0 Å². The van der Waals surface area contributed by atoms with Crippen LogP contribution in [0.2, 0.25) is 0 Å². The van der Waals surface area contributed by atoms with Crippen LogP contribution in [0.3, 0.4) is 0 Å². The molecule has 114 valence electrons. The molecule has 2 unspecified atom stereocenters. The monoisotopic (exact) mass is 282 g/mol. The molecule has 0 aromatic carbocycles. The number of nitrogens with zero attached hydrogens (tertiary/aromatic N) is 1. The molecular formula is C15H26N2O3. The standard InChI is InChI=1S/C15H26N2O3/c1-3-15(7-5-8-15)10-16-14(20)17-9-4-6-11(2)12(17)13(18)19/h11-12H,3-10H2,1-2H3,(H,16,20)(H,18,19). The quantitative estimate of drug-likeness (QED) is 0.832. The fraction of sp³-hybridized carbons (Fsp3) is 0.867. The highest BCUT2D eigenvalue weighted by atomic mass is 16.4. The Balaban J connectivity index is 1.94. The molecule has 2 rings (SSSR count). The van der Waals surface area contributed by atoms with Gasteiger partial charge in [0.25, 0.3) is 0 Å². The molecule has 0 aromatic rings. The van der Waals surface area contributed by atoms with Gasteiger partial charge in [0.2, 0.25) is 0 Å². The molecule has 5 nitrogen and oxygen atoms in total. The lowest BCUT2D eigenvalue weighted by atomic mass is 9.67. The van der Waals surface area contributed by atoms with Crippen molar-refractivity contribution in [1.82, 2.24) is 10.2 Å². The first-order valence-corrected chi connectivity index (χ1v) is 7.76. The Bertz CT molecular complexity index is 374. The van der Waals surface area contributed by atoms with Crippen molar-refractivity contribution in [2.45, 2.75) is 58.4 Å². The molecule has 1 heterocycles. The van der Waals surface area contributed by atoms with Gasteiger partial charge in [-0.15, -0.1) is 0 Å². The summed E-state index contributed by atoms with van der Waals surface area (Å²) in [6.07, 6.45) is 6.41. The van der Waals surface area contributed by atoms with Crippen molar-refractivity contribution in [2.24, 2.45) is 11.3 Å². The molecule has 1 saturated carbocycles. The summed E-state index contributed by atoms with van der Waals surface area (Å²) in [5.74, 6) is -0.864. The predicted octanol–water partition coefficient (Wildman–Crippen LogP) is 2.46. The molecule has 0 radical (unpaired) electrons. The molecule has 1 aliphatic heterocycles. The second kappa shape index (κ2) is 6.02. The average Bonchev–Trinajstić information content (AvgIpc) is 2.37. The zero-order valence-corrected chi connectivity index (χ0v) is 12.5. The van der Waals surface area contributed by atoms with Gasteiger partial charge in [-0.1, -0.05) is 20.3 Å². The largest absolute Gasteiger partial charge is 0.480 e. The van der Waals surface area contributed by atoms with Crippen LogP contribution in [-0.4, -0.2) is 41.1 Å². The van der Waals surface area contributed by atoms with Gasteiger partial charge in [0.1, 0.15) is 6.04 Å². The smallest absolute Gasteiger partial charge is 0.326 e. The summed E-state index contributed by atoms with van der Waals surface area (Å²) in [4.78, 5) is 25.2. The number of rotatable bonds is 4. The number of nitrogens with one attached hydrogen (secondary N) is 1. The average molecular weight is 282 g/mol. The first kappa shape index (κ1) is 15.1. The van der Waals surface area contributed by atoms with Gasteiger partial charge in [0, 0.05) is 13.1 Å². The number of likely N-dealkylation sites (tertiary alicyclic amines) is 1. The number of hydrogen-bond donors (Lipinski definition) is 2. The Labute approximate surface area is 120 Å². The lowest BCUT2D eigenvalue weighted by Crippen LogP contribution is -2.56. The Morgan fingerprint density at radius 3 is 2.55 bits per heavy atom. The van der Waals surface area contributed by atoms with E-state index in [0.29, 0.717) is 13.1 Å². The van der Waals surface area contributed by atoms with E-state index in [9.17, 15) is 14.7 Å². The number of aliphatic carboxylic acids is 1. The number of amides is 2. The number of carbonyl (C=O) groups excluding carboxylic acids is 1. The third-order valence-corrected chi connectivity index (χ3v) is 5.23. The molecule has 2 N–H and O–H groups in total. The van der Waals surface area contributed by atoms with Crippen molar-refractivity contribution >= 4 is 12.0 Å². The first-order valence-electron chi connectivity index (χ1n) is 7.76. The van der Waals surface area contributed by atoms with Crippen LogP contribution in [-0.2, 0) is 4.79 Å². The lowest BCUT2D eigenvalue weighted by molar-refractivity contribution is -0.145. The molecule has 0 aromatic heterocycles. The van der Waals surface area contributed by atoms with E-state index >= 15 is 0 Å². The van der Waals surface area contributed by atoms with E-state index < -0.39 is 12.0 Å². The number of carboxylic acid groups (broad SMARTS) is 1. The summed E-state index contributed by atoms with van der Waals surface area (Å²) in [7, 11) is 0. The van der Waals surface area contributed by atoms with Crippen molar-refractivity contribution in [3.63, 3.8) is 0 Å². The Morgan fingerprint density at radius 2 is 2.05 bits per heavy atom.